The third-order valence-corrected chi connectivity index (χ3v) is 4.11. The van der Waals surface area contributed by atoms with Crippen molar-refractivity contribution in [2.24, 2.45) is 0 Å². The SMILES string of the molecule is Cc1nc2ncnn2c(C)c1CCC(=O)NCCOc1ccccc1F. The number of carbonyl (C=O) groups is 1. The van der Waals surface area contributed by atoms with Crippen LogP contribution in [0.15, 0.2) is 30.6 Å². The summed E-state index contributed by atoms with van der Waals surface area (Å²) in [6, 6.07) is 6.18. The van der Waals surface area contributed by atoms with E-state index >= 15 is 0 Å². The number of hydrogen-bond donors (Lipinski definition) is 1. The van der Waals surface area contributed by atoms with Gasteiger partial charge in [0, 0.05) is 17.8 Å². The average molecular weight is 357 g/mol. The first-order chi connectivity index (χ1) is 12.6. The molecule has 0 radical (unpaired) electrons. The fourth-order valence-corrected chi connectivity index (χ4v) is 2.76. The number of nitrogens with one attached hydrogen (secondary N) is 1. The summed E-state index contributed by atoms with van der Waals surface area (Å²) in [6.07, 6.45) is 2.34. The third-order valence-electron chi connectivity index (χ3n) is 4.11. The molecule has 1 N–H and O–H groups in total. The van der Waals surface area contributed by atoms with Gasteiger partial charge in [-0.25, -0.2) is 13.9 Å². The molecule has 0 aliphatic carbocycles. The van der Waals surface area contributed by atoms with E-state index in [2.05, 4.69) is 20.4 Å². The zero-order valence-corrected chi connectivity index (χ0v) is 14.7. The molecule has 26 heavy (non-hydrogen) atoms. The van der Waals surface area contributed by atoms with Gasteiger partial charge in [0.25, 0.3) is 5.78 Å². The fraction of sp³-hybridized carbons (Fsp3) is 0.333. The van der Waals surface area contributed by atoms with E-state index in [0.717, 1.165) is 17.0 Å². The Balaban J connectivity index is 1.48. The Morgan fingerprint density at radius 2 is 2.12 bits per heavy atom. The van der Waals surface area contributed by atoms with Crippen LogP contribution in [0.3, 0.4) is 0 Å². The maximum absolute atomic E-state index is 13.4. The first-order valence-electron chi connectivity index (χ1n) is 8.36. The molecule has 0 unspecified atom stereocenters. The van der Waals surface area contributed by atoms with Gasteiger partial charge in [-0.15, -0.1) is 0 Å². The van der Waals surface area contributed by atoms with Crippen molar-refractivity contribution < 1.29 is 13.9 Å². The van der Waals surface area contributed by atoms with Gasteiger partial charge in [0.15, 0.2) is 11.6 Å². The normalized spacial score (nSPS) is 10.9. The molecule has 0 atom stereocenters. The van der Waals surface area contributed by atoms with Gasteiger partial charge in [0.1, 0.15) is 12.9 Å². The molecular weight excluding hydrogens is 337 g/mol. The number of carbonyl (C=O) groups excluding carboxylic acids is 1. The number of rotatable bonds is 7. The highest BCUT2D eigenvalue weighted by Gasteiger charge is 2.12. The fourth-order valence-electron chi connectivity index (χ4n) is 2.76. The molecular formula is C18H20FN5O2. The second kappa shape index (κ2) is 7.90. The van der Waals surface area contributed by atoms with Crippen LogP contribution in [0.5, 0.6) is 5.75 Å². The predicted molar refractivity (Wildman–Crippen MR) is 93.5 cm³/mol. The van der Waals surface area contributed by atoms with Gasteiger partial charge in [0.05, 0.1) is 6.54 Å². The minimum atomic E-state index is -0.416. The smallest absolute Gasteiger partial charge is 0.252 e. The van der Waals surface area contributed by atoms with Crippen LogP contribution in [0.2, 0.25) is 0 Å². The minimum Gasteiger partial charge on any atom is -0.489 e. The number of nitrogens with zero attached hydrogens (tertiary/aromatic N) is 4. The van der Waals surface area contributed by atoms with Gasteiger partial charge in [-0.3, -0.25) is 4.79 Å². The number of ether oxygens (including phenoxy) is 1. The number of aryl methyl sites for hydroxylation is 2. The summed E-state index contributed by atoms with van der Waals surface area (Å²) in [5.74, 6) is 0.221. The van der Waals surface area contributed by atoms with E-state index in [1.807, 2.05) is 13.8 Å². The van der Waals surface area contributed by atoms with Gasteiger partial charge in [-0.05, 0) is 38.0 Å². The van der Waals surface area contributed by atoms with E-state index in [1.165, 1.54) is 12.4 Å². The highest BCUT2D eigenvalue weighted by Crippen LogP contribution is 2.15. The molecule has 0 spiro atoms. The standard InChI is InChI=1S/C18H20FN5O2/c1-12-14(13(2)24-18(23-12)21-11-22-24)7-8-17(25)20-9-10-26-16-6-4-3-5-15(16)19/h3-6,11H,7-10H2,1-2H3,(H,20,25). The number of amides is 1. The van der Waals surface area contributed by atoms with Crippen molar-refractivity contribution in [1.82, 2.24) is 24.9 Å². The highest BCUT2D eigenvalue weighted by atomic mass is 19.1. The molecule has 3 rings (SSSR count). The Labute approximate surface area is 150 Å². The predicted octanol–water partition coefficient (Wildman–Crippen LogP) is 2.01. The number of para-hydroxylation sites is 1. The van der Waals surface area contributed by atoms with Crippen LogP contribution in [-0.4, -0.2) is 38.6 Å². The zero-order valence-electron chi connectivity index (χ0n) is 14.7. The van der Waals surface area contributed by atoms with Gasteiger partial charge in [0.2, 0.25) is 5.91 Å². The molecule has 2 aromatic heterocycles. The number of benzene rings is 1. The Morgan fingerprint density at radius 1 is 1.31 bits per heavy atom. The van der Waals surface area contributed by atoms with Gasteiger partial charge in [-0.2, -0.15) is 10.1 Å². The quantitative estimate of drug-likeness (QED) is 0.654. The van der Waals surface area contributed by atoms with Crippen LogP contribution < -0.4 is 10.1 Å². The molecule has 0 bridgehead atoms. The van der Waals surface area contributed by atoms with Crippen molar-refractivity contribution in [3.05, 3.63) is 53.4 Å². The van der Waals surface area contributed by atoms with Crippen molar-refractivity contribution >= 4 is 11.7 Å². The molecule has 0 fully saturated rings. The molecule has 0 saturated heterocycles. The lowest BCUT2D eigenvalue weighted by atomic mass is 10.1. The largest absolute Gasteiger partial charge is 0.489 e. The lowest BCUT2D eigenvalue weighted by Gasteiger charge is -2.11. The summed E-state index contributed by atoms with van der Waals surface area (Å²) in [5, 5.41) is 6.91. The number of halogens is 1. The van der Waals surface area contributed by atoms with Crippen LogP contribution in [0.4, 0.5) is 4.39 Å². The van der Waals surface area contributed by atoms with Crippen LogP contribution >= 0.6 is 0 Å². The van der Waals surface area contributed by atoms with Crippen molar-refractivity contribution in [1.29, 1.82) is 0 Å². The molecule has 8 heteroatoms. The summed E-state index contributed by atoms with van der Waals surface area (Å²) in [7, 11) is 0. The summed E-state index contributed by atoms with van der Waals surface area (Å²) in [6.45, 7) is 4.35. The van der Waals surface area contributed by atoms with Gasteiger partial charge >= 0.3 is 0 Å². The molecule has 136 valence electrons. The maximum atomic E-state index is 13.4. The topological polar surface area (TPSA) is 81.4 Å². The van der Waals surface area contributed by atoms with E-state index in [-0.39, 0.29) is 18.3 Å². The van der Waals surface area contributed by atoms with Gasteiger partial charge < -0.3 is 10.1 Å². The second-order valence-electron chi connectivity index (χ2n) is 5.86. The van der Waals surface area contributed by atoms with E-state index in [4.69, 9.17) is 4.74 Å². The zero-order chi connectivity index (χ0) is 18.5. The summed E-state index contributed by atoms with van der Waals surface area (Å²) in [4.78, 5) is 20.5. The lowest BCUT2D eigenvalue weighted by Crippen LogP contribution is -2.28. The third kappa shape index (κ3) is 3.96. The minimum absolute atomic E-state index is 0.0976. The summed E-state index contributed by atoms with van der Waals surface area (Å²) >= 11 is 0. The van der Waals surface area contributed by atoms with Crippen LogP contribution in [0.25, 0.3) is 5.78 Å². The second-order valence-corrected chi connectivity index (χ2v) is 5.86. The molecule has 1 amide bonds. The van der Waals surface area contributed by atoms with E-state index in [0.29, 0.717) is 25.2 Å². The molecule has 7 nitrogen and oxygen atoms in total. The molecule has 3 aromatic rings. The Hall–Kier alpha value is -3.03. The summed E-state index contributed by atoms with van der Waals surface area (Å²) in [5.41, 5.74) is 2.76. The molecule has 0 saturated carbocycles. The first kappa shape index (κ1) is 17.8. The number of hydrogen-bond acceptors (Lipinski definition) is 5. The summed E-state index contributed by atoms with van der Waals surface area (Å²) < 4.78 is 20.4. The number of fused-ring (bicyclic) bond motifs is 1. The highest BCUT2D eigenvalue weighted by molar-refractivity contribution is 5.76. The molecule has 2 heterocycles. The lowest BCUT2D eigenvalue weighted by molar-refractivity contribution is -0.121. The van der Waals surface area contributed by atoms with Crippen molar-refractivity contribution in [3.63, 3.8) is 0 Å². The Morgan fingerprint density at radius 3 is 2.92 bits per heavy atom. The molecule has 1 aromatic carbocycles. The van der Waals surface area contributed by atoms with Gasteiger partial charge in [-0.1, -0.05) is 12.1 Å². The number of aromatic nitrogens is 4. The Bertz CT molecular complexity index is 925. The first-order valence-corrected chi connectivity index (χ1v) is 8.36. The van der Waals surface area contributed by atoms with E-state index in [9.17, 15) is 9.18 Å². The molecule has 0 aliphatic rings. The van der Waals surface area contributed by atoms with Crippen molar-refractivity contribution in [2.75, 3.05) is 13.2 Å². The molecule has 0 aliphatic heterocycles. The van der Waals surface area contributed by atoms with Crippen molar-refractivity contribution in [2.45, 2.75) is 26.7 Å². The van der Waals surface area contributed by atoms with E-state index in [1.54, 1.807) is 22.7 Å². The maximum Gasteiger partial charge on any atom is 0.252 e. The Kier molecular flexibility index (Phi) is 5.40. The van der Waals surface area contributed by atoms with Crippen LogP contribution in [0, 0.1) is 19.7 Å². The van der Waals surface area contributed by atoms with Crippen LogP contribution in [-0.2, 0) is 11.2 Å². The van der Waals surface area contributed by atoms with Crippen molar-refractivity contribution in [3.8, 4) is 5.75 Å². The monoisotopic (exact) mass is 357 g/mol. The average Bonchev–Trinajstić information content (AvgIpc) is 3.08. The van der Waals surface area contributed by atoms with Crippen LogP contribution in [0.1, 0.15) is 23.4 Å². The van der Waals surface area contributed by atoms with E-state index < -0.39 is 5.82 Å².